The van der Waals surface area contributed by atoms with Gasteiger partial charge >= 0.3 is 12.1 Å². The van der Waals surface area contributed by atoms with Gasteiger partial charge < -0.3 is 24.5 Å². The minimum atomic E-state index is -1.21. The number of amides is 1. The zero-order valence-corrected chi connectivity index (χ0v) is 31.4. The third-order valence-electron chi connectivity index (χ3n) is 11.0. The van der Waals surface area contributed by atoms with Crippen LogP contribution in [0, 0.1) is 16.9 Å². The van der Waals surface area contributed by atoms with E-state index >= 15 is 4.39 Å². The Bertz CT molecular complexity index is 2000. The van der Waals surface area contributed by atoms with Crippen molar-refractivity contribution in [3.8, 4) is 11.5 Å². The van der Waals surface area contributed by atoms with Crippen LogP contribution in [0.15, 0.2) is 73.1 Å². The molecule has 4 heterocycles. The minimum absolute atomic E-state index is 0.00199. The first kappa shape index (κ1) is 37.7. The Morgan fingerprint density at radius 2 is 1.72 bits per heavy atom. The predicted octanol–water partition coefficient (Wildman–Crippen LogP) is 8.41. The van der Waals surface area contributed by atoms with Gasteiger partial charge in [-0.25, -0.2) is 14.0 Å². The second kappa shape index (κ2) is 16.4. The van der Waals surface area contributed by atoms with Gasteiger partial charge in [0.25, 0.3) is 0 Å². The van der Waals surface area contributed by atoms with Gasteiger partial charge in [-0.05, 0) is 111 Å². The molecule has 13 heteroatoms. The lowest BCUT2D eigenvalue weighted by atomic mass is 9.80. The summed E-state index contributed by atoms with van der Waals surface area (Å²) in [4.78, 5) is 30.8. The number of para-hydroxylation sites is 1. The van der Waals surface area contributed by atoms with E-state index in [-0.39, 0.29) is 52.4 Å². The van der Waals surface area contributed by atoms with Gasteiger partial charge in [0.1, 0.15) is 22.0 Å². The molecule has 1 aliphatic carbocycles. The smallest absolute Gasteiger partial charge is 0.415 e. The zero-order valence-electron chi connectivity index (χ0n) is 29.9. The summed E-state index contributed by atoms with van der Waals surface area (Å²) in [6.07, 6.45) is 7.09. The molecule has 4 aromatic rings. The number of rotatable bonds is 12. The van der Waals surface area contributed by atoms with E-state index in [0.29, 0.717) is 45.0 Å². The number of methoxy groups -OCH3 is 1. The number of carboxylic acid groups (broad SMARTS) is 1. The average molecular weight is 779 g/mol. The molecule has 0 radical (unpaired) electrons. The number of nitrogens with zero attached hydrogens (tertiary/aromatic N) is 3. The van der Waals surface area contributed by atoms with Crippen LogP contribution in [0.25, 0.3) is 0 Å². The molecule has 10 nitrogen and oxygen atoms in total. The minimum Gasteiger partial charge on any atom is -0.619 e. The van der Waals surface area contributed by atoms with Crippen molar-refractivity contribution in [1.29, 1.82) is 0 Å². The highest BCUT2D eigenvalue weighted by molar-refractivity contribution is 6.35. The largest absolute Gasteiger partial charge is 0.619 e. The number of ether oxygens (including phenoxy) is 3. The number of carbonyl (C=O) groups is 2. The summed E-state index contributed by atoms with van der Waals surface area (Å²) in [7, 11) is 1.56. The highest BCUT2D eigenvalue weighted by Gasteiger charge is 2.38. The number of piperidine rings is 3. The molecule has 3 aliphatic heterocycles. The van der Waals surface area contributed by atoms with Crippen molar-refractivity contribution in [3.63, 3.8) is 0 Å². The molecule has 0 spiro atoms. The second-order valence-corrected chi connectivity index (χ2v) is 15.1. The molecule has 3 aromatic carbocycles. The van der Waals surface area contributed by atoms with Crippen molar-refractivity contribution < 1.29 is 38.0 Å². The molecule has 284 valence electrons. The number of hydrogen-bond donors (Lipinski definition) is 1. The summed E-state index contributed by atoms with van der Waals surface area (Å²) in [5, 5.41) is 23.1. The van der Waals surface area contributed by atoms with Gasteiger partial charge in [-0.15, -0.1) is 0 Å². The third kappa shape index (κ3) is 8.09. The quantitative estimate of drug-likeness (QED) is 0.113. The molecule has 2 bridgehead atoms. The van der Waals surface area contributed by atoms with Crippen molar-refractivity contribution in [3.05, 3.63) is 122 Å². The Morgan fingerprint density at radius 3 is 2.37 bits per heavy atom. The van der Waals surface area contributed by atoms with E-state index in [9.17, 15) is 19.9 Å². The van der Waals surface area contributed by atoms with Gasteiger partial charge in [0.2, 0.25) is 0 Å². The molecule has 1 saturated carbocycles. The molecule has 8 rings (SSSR count). The van der Waals surface area contributed by atoms with Gasteiger partial charge in [0.15, 0.2) is 23.9 Å². The molecule has 0 unspecified atom stereocenters. The van der Waals surface area contributed by atoms with Gasteiger partial charge in [-0.1, -0.05) is 53.5 Å². The number of halogens is 3. The Labute approximate surface area is 323 Å². The maximum absolute atomic E-state index is 15.6. The lowest BCUT2D eigenvalue weighted by Gasteiger charge is -2.44. The van der Waals surface area contributed by atoms with E-state index in [4.69, 9.17) is 37.4 Å². The molecule has 1 aromatic heterocycles. The number of aromatic nitrogens is 1. The number of carboxylic acids is 1. The summed E-state index contributed by atoms with van der Waals surface area (Å²) in [5.41, 5.74) is 1.82. The van der Waals surface area contributed by atoms with E-state index in [0.717, 1.165) is 51.6 Å². The van der Waals surface area contributed by atoms with Crippen LogP contribution >= 0.6 is 23.2 Å². The summed E-state index contributed by atoms with van der Waals surface area (Å²) in [6.45, 7) is 2.29. The topological polar surface area (TPSA) is 115 Å². The van der Waals surface area contributed by atoms with E-state index in [1.165, 1.54) is 41.6 Å². The lowest BCUT2D eigenvalue weighted by Crippen LogP contribution is -2.53. The van der Waals surface area contributed by atoms with E-state index in [1.54, 1.807) is 31.4 Å². The molecule has 1 amide bonds. The molecular weight excluding hydrogens is 736 g/mol. The fourth-order valence-corrected chi connectivity index (χ4v) is 8.78. The zero-order chi connectivity index (χ0) is 37.9. The van der Waals surface area contributed by atoms with Crippen molar-refractivity contribution >= 4 is 41.0 Å². The first-order valence-corrected chi connectivity index (χ1v) is 19.1. The predicted molar refractivity (Wildman–Crippen MR) is 202 cm³/mol. The van der Waals surface area contributed by atoms with Crippen LogP contribution in [0.2, 0.25) is 10.0 Å². The van der Waals surface area contributed by atoms with Crippen LogP contribution in [0.3, 0.4) is 0 Å². The molecule has 1 N–H and O–H groups in total. The molecule has 4 aliphatic rings. The lowest BCUT2D eigenvalue weighted by molar-refractivity contribution is -0.605. The van der Waals surface area contributed by atoms with E-state index in [1.807, 2.05) is 12.1 Å². The Kier molecular flexibility index (Phi) is 11.5. The summed E-state index contributed by atoms with van der Waals surface area (Å²) in [5.74, 6) is -1.38. The molecule has 3 saturated heterocycles. The van der Waals surface area contributed by atoms with Gasteiger partial charge in [-0.2, -0.15) is 4.73 Å². The third-order valence-corrected chi connectivity index (χ3v) is 11.6. The van der Waals surface area contributed by atoms with Crippen molar-refractivity contribution in [1.82, 2.24) is 4.90 Å². The highest BCUT2D eigenvalue weighted by Crippen LogP contribution is 2.42. The Balaban J connectivity index is 1.36. The highest BCUT2D eigenvalue weighted by atomic mass is 35.5. The fraction of sp³-hybridized carbons (Fsp3) is 0.390. The van der Waals surface area contributed by atoms with Crippen LogP contribution in [-0.4, -0.2) is 61.0 Å². The molecule has 54 heavy (non-hydrogen) atoms. The van der Waals surface area contributed by atoms with E-state index in [2.05, 4.69) is 4.90 Å². The SMILES string of the molecule is COc1ccc([C@@H](Cc2c(Cl)c[n+]([O-])cc2Cl)c2c(CN(C(=O)O[C@H]3CN4CCC3CC4)c3ccccc3F)cccc2C(=O)O)cc1OC1CCCC1. The first-order valence-electron chi connectivity index (χ1n) is 18.3. The number of fused-ring (bicyclic) bond motifs is 3. The monoisotopic (exact) mass is 777 g/mol. The molecular formula is C41H42Cl2FN3O7. The van der Waals surface area contributed by atoms with Crippen molar-refractivity contribution in [2.24, 2.45) is 5.92 Å². The number of carbonyl (C=O) groups excluding carboxylic acids is 1. The van der Waals surface area contributed by atoms with Crippen LogP contribution in [0.4, 0.5) is 14.9 Å². The standard InChI is InChI=1S/C41H42Cl2FN3O7/c1-52-36-14-13-26(19-37(36)53-28-8-2-3-9-28)30(20-31-32(42)22-46(51)23-33(31)43)39-27(7-6-10-29(39)40(48)49)21-47(35-12-5-4-11-34(35)44)41(50)54-38-24-45-17-15-25(38)16-18-45/h4-7,10-14,19,22-23,25,28,30,38H,2-3,8-9,15-18,20-21,24H2,1H3,(H,48,49)/t30-,38+/m1/s1. The number of benzene rings is 3. The number of pyridine rings is 1. The van der Waals surface area contributed by atoms with E-state index < -0.39 is 23.8 Å². The maximum Gasteiger partial charge on any atom is 0.415 e. The van der Waals surface area contributed by atoms with Crippen LogP contribution < -0.4 is 19.1 Å². The number of anilines is 1. The second-order valence-electron chi connectivity index (χ2n) is 14.3. The number of hydrogen-bond acceptors (Lipinski definition) is 7. The maximum atomic E-state index is 15.6. The summed E-state index contributed by atoms with van der Waals surface area (Å²) >= 11 is 13.3. The van der Waals surface area contributed by atoms with Gasteiger partial charge in [0.05, 0.1) is 31.0 Å². The van der Waals surface area contributed by atoms with Crippen molar-refractivity contribution in [2.75, 3.05) is 31.6 Å². The van der Waals surface area contributed by atoms with Gasteiger partial charge in [0, 0.05) is 18.0 Å². The summed E-state index contributed by atoms with van der Waals surface area (Å²) < 4.78 is 34.4. The summed E-state index contributed by atoms with van der Waals surface area (Å²) in [6, 6.07) is 16.2. The molecule has 2 atom stereocenters. The van der Waals surface area contributed by atoms with Crippen LogP contribution in [0.1, 0.15) is 77.1 Å². The average Bonchev–Trinajstić information content (AvgIpc) is 3.67. The Hall–Kier alpha value is -4.58. The normalized spacial score (nSPS) is 20.0. The van der Waals surface area contributed by atoms with Gasteiger partial charge in [-0.3, -0.25) is 9.80 Å². The van der Waals surface area contributed by atoms with Crippen molar-refractivity contribution in [2.45, 2.75) is 69.6 Å². The number of aromatic carboxylic acids is 1. The Morgan fingerprint density at radius 1 is 1.00 bits per heavy atom. The first-order chi connectivity index (χ1) is 26.1. The van der Waals surface area contributed by atoms with Crippen LogP contribution in [-0.2, 0) is 17.7 Å². The molecule has 4 fully saturated rings. The fourth-order valence-electron chi connectivity index (χ4n) is 8.18. The van der Waals surface area contributed by atoms with Crippen LogP contribution in [0.5, 0.6) is 11.5 Å².